The molecule has 0 aliphatic rings. The maximum absolute atomic E-state index is 12.6. The first-order valence-electron chi connectivity index (χ1n) is 10.1. The number of rotatable bonds is 10. The lowest BCUT2D eigenvalue weighted by atomic mass is 10.1. The minimum Gasteiger partial charge on any atom is -0.497 e. The van der Waals surface area contributed by atoms with Crippen LogP contribution in [0.15, 0.2) is 34.8 Å². The van der Waals surface area contributed by atoms with Crippen molar-refractivity contribution in [3.63, 3.8) is 0 Å². The summed E-state index contributed by atoms with van der Waals surface area (Å²) < 4.78 is 12.7. The van der Waals surface area contributed by atoms with Gasteiger partial charge in [-0.15, -0.1) is 21.5 Å². The smallest absolute Gasteiger partial charge is 0.234 e. The van der Waals surface area contributed by atoms with Crippen molar-refractivity contribution in [2.75, 3.05) is 25.3 Å². The number of aromatic nitrogens is 3. The standard InChI is InChI=1S/C22H28N4O3S2/c1-6-9-26-21(15-10-19(14(2)3)30-12-15)24-25-22(26)31-13-20(27)23-17-11-16(28-4)7-8-18(17)29-5/h7-8,10-12,14H,6,9,13H2,1-5H3,(H,23,27). The van der Waals surface area contributed by atoms with Crippen molar-refractivity contribution in [2.24, 2.45) is 0 Å². The van der Waals surface area contributed by atoms with Crippen molar-refractivity contribution < 1.29 is 14.3 Å². The summed E-state index contributed by atoms with van der Waals surface area (Å²) in [4.78, 5) is 13.9. The third-order valence-electron chi connectivity index (χ3n) is 4.62. The van der Waals surface area contributed by atoms with Crippen molar-refractivity contribution >= 4 is 34.7 Å². The molecule has 7 nitrogen and oxygen atoms in total. The minimum absolute atomic E-state index is 0.151. The SMILES string of the molecule is CCCn1c(SCC(=O)Nc2cc(OC)ccc2OC)nnc1-c1csc(C(C)C)c1. The maximum Gasteiger partial charge on any atom is 0.234 e. The molecule has 0 aliphatic heterocycles. The van der Waals surface area contributed by atoms with Gasteiger partial charge in [0.1, 0.15) is 11.5 Å². The van der Waals surface area contributed by atoms with Crippen LogP contribution < -0.4 is 14.8 Å². The second-order valence-corrected chi connectivity index (χ2v) is 9.14. The summed E-state index contributed by atoms with van der Waals surface area (Å²) in [7, 11) is 3.15. The van der Waals surface area contributed by atoms with Gasteiger partial charge >= 0.3 is 0 Å². The van der Waals surface area contributed by atoms with Gasteiger partial charge in [-0.05, 0) is 30.5 Å². The van der Waals surface area contributed by atoms with E-state index in [4.69, 9.17) is 9.47 Å². The quantitative estimate of drug-likeness (QED) is 0.414. The van der Waals surface area contributed by atoms with Gasteiger partial charge in [0.05, 0.1) is 25.7 Å². The number of thioether (sulfide) groups is 1. The van der Waals surface area contributed by atoms with Crippen molar-refractivity contribution in [1.29, 1.82) is 0 Å². The van der Waals surface area contributed by atoms with E-state index < -0.39 is 0 Å². The lowest BCUT2D eigenvalue weighted by Crippen LogP contribution is -2.15. The molecule has 0 atom stereocenters. The van der Waals surface area contributed by atoms with E-state index >= 15 is 0 Å². The Morgan fingerprint density at radius 3 is 2.68 bits per heavy atom. The van der Waals surface area contributed by atoms with Crippen LogP contribution in [0.2, 0.25) is 0 Å². The molecule has 1 amide bonds. The fourth-order valence-corrected chi connectivity index (χ4v) is 4.70. The van der Waals surface area contributed by atoms with Crippen LogP contribution in [0.5, 0.6) is 11.5 Å². The molecule has 2 heterocycles. The van der Waals surface area contributed by atoms with Crippen molar-refractivity contribution in [2.45, 2.75) is 44.8 Å². The Hall–Kier alpha value is -2.52. The van der Waals surface area contributed by atoms with E-state index in [2.05, 4.69) is 52.3 Å². The highest BCUT2D eigenvalue weighted by atomic mass is 32.2. The van der Waals surface area contributed by atoms with Crippen molar-refractivity contribution in [1.82, 2.24) is 14.8 Å². The molecule has 31 heavy (non-hydrogen) atoms. The third-order valence-corrected chi connectivity index (χ3v) is 6.82. The number of anilines is 1. The molecule has 3 rings (SSSR count). The summed E-state index contributed by atoms with van der Waals surface area (Å²) in [6.07, 6.45) is 0.951. The number of hydrogen-bond acceptors (Lipinski definition) is 7. The van der Waals surface area contributed by atoms with Crippen LogP contribution in [-0.4, -0.2) is 40.6 Å². The zero-order valence-electron chi connectivity index (χ0n) is 18.5. The fourth-order valence-electron chi connectivity index (χ4n) is 3.04. The van der Waals surface area contributed by atoms with Gasteiger partial charge in [0, 0.05) is 28.4 Å². The minimum atomic E-state index is -0.151. The number of nitrogens with one attached hydrogen (secondary N) is 1. The zero-order chi connectivity index (χ0) is 22.4. The second-order valence-electron chi connectivity index (χ2n) is 7.25. The highest BCUT2D eigenvalue weighted by Crippen LogP contribution is 2.32. The molecule has 0 unspecified atom stereocenters. The van der Waals surface area contributed by atoms with Crippen LogP contribution in [0.25, 0.3) is 11.4 Å². The van der Waals surface area contributed by atoms with Gasteiger partial charge in [-0.1, -0.05) is 32.5 Å². The lowest BCUT2D eigenvalue weighted by molar-refractivity contribution is -0.113. The van der Waals surface area contributed by atoms with Crippen LogP contribution in [0.4, 0.5) is 5.69 Å². The number of carbonyl (C=O) groups excluding carboxylic acids is 1. The molecule has 3 aromatic rings. The van der Waals surface area contributed by atoms with E-state index in [0.717, 1.165) is 29.5 Å². The Labute approximate surface area is 191 Å². The Morgan fingerprint density at radius 2 is 2.03 bits per heavy atom. The molecule has 0 radical (unpaired) electrons. The van der Waals surface area contributed by atoms with Gasteiger partial charge in [0.15, 0.2) is 11.0 Å². The van der Waals surface area contributed by atoms with Crippen molar-refractivity contribution in [3.05, 3.63) is 34.5 Å². The molecule has 1 N–H and O–H groups in total. The molecule has 9 heteroatoms. The Morgan fingerprint density at radius 1 is 1.23 bits per heavy atom. The van der Waals surface area contributed by atoms with Crippen LogP contribution in [-0.2, 0) is 11.3 Å². The summed E-state index contributed by atoms with van der Waals surface area (Å²) >= 11 is 3.12. The average Bonchev–Trinajstić information content (AvgIpc) is 3.40. The number of ether oxygens (including phenoxy) is 2. The average molecular weight is 461 g/mol. The molecule has 0 saturated heterocycles. The van der Waals surface area contributed by atoms with Gasteiger partial charge in [0.2, 0.25) is 5.91 Å². The maximum atomic E-state index is 12.6. The molecule has 2 aromatic heterocycles. The predicted octanol–water partition coefficient (Wildman–Crippen LogP) is 5.29. The number of benzene rings is 1. The van der Waals surface area contributed by atoms with E-state index in [-0.39, 0.29) is 11.7 Å². The molecular formula is C22H28N4O3S2. The molecule has 0 fully saturated rings. The lowest BCUT2D eigenvalue weighted by Gasteiger charge is -2.12. The largest absolute Gasteiger partial charge is 0.497 e. The fraction of sp³-hybridized carbons (Fsp3) is 0.409. The number of nitrogens with zero attached hydrogens (tertiary/aromatic N) is 3. The molecule has 0 bridgehead atoms. The number of hydrogen-bond donors (Lipinski definition) is 1. The van der Waals surface area contributed by atoms with E-state index in [0.29, 0.717) is 23.1 Å². The van der Waals surface area contributed by atoms with E-state index in [9.17, 15) is 4.79 Å². The Bertz CT molecular complexity index is 1030. The van der Waals surface area contributed by atoms with E-state index in [1.165, 1.54) is 16.6 Å². The van der Waals surface area contributed by atoms with Gasteiger partial charge in [-0.25, -0.2) is 0 Å². The summed E-state index contributed by atoms with van der Waals surface area (Å²) in [6.45, 7) is 7.28. The number of methoxy groups -OCH3 is 2. The van der Waals surface area contributed by atoms with Crippen LogP contribution >= 0.6 is 23.1 Å². The van der Waals surface area contributed by atoms with Crippen LogP contribution in [0.1, 0.15) is 38.0 Å². The van der Waals surface area contributed by atoms with Gasteiger partial charge in [-0.3, -0.25) is 4.79 Å². The Balaban J connectivity index is 1.73. The normalized spacial score (nSPS) is 11.0. The molecular weight excluding hydrogens is 432 g/mol. The first kappa shape index (κ1) is 23.1. The van der Waals surface area contributed by atoms with Crippen LogP contribution in [0.3, 0.4) is 0 Å². The first-order valence-corrected chi connectivity index (χ1v) is 12.0. The summed E-state index contributed by atoms with van der Waals surface area (Å²) in [5.74, 6) is 2.61. The molecule has 166 valence electrons. The number of thiophene rings is 1. The van der Waals surface area contributed by atoms with Gasteiger partial charge in [0.25, 0.3) is 0 Å². The third kappa shape index (κ3) is 5.59. The summed E-state index contributed by atoms with van der Waals surface area (Å²) in [6, 6.07) is 7.47. The molecule has 0 aliphatic carbocycles. The number of carbonyl (C=O) groups is 1. The van der Waals surface area contributed by atoms with E-state index in [1.807, 2.05) is 0 Å². The van der Waals surface area contributed by atoms with Gasteiger partial charge < -0.3 is 19.4 Å². The molecule has 1 aromatic carbocycles. The second kappa shape index (κ2) is 10.7. The highest BCUT2D eigenvalue weighted by Gasteiger charge is 2.17. The highest BCUT2D eigenvalue weighted by molar-refractivity contribution is 7.99. The molecule has 0 spiro atoms. The summed E-state index contributed by atoms with van der Waals surface area (Å²) in [5.41, 5.74) is 1.65. The topological polar surface area (TPSA) is 78.3 Å². The molecule has 0 saturated carbocycles. The van der Waals surface area contributed by atoms with Crippen molar-refractivity contribution in [3.8, 4) is 22.9 Å². The first-order chi connectivity index (χ1) is 15.0. The number of amides is 1. The van der Waals surface area contributed by atoms with E-state index in [1.54, 1.807) is 43.8 Å². The monoisotopic (exact) mass is 460 g/mol. The van der Waals surface area contributed by atoms with Gasteiger partial charge in [-0.2, -0.15) is 0 Å². The Kier molecular flexibility index (Phi) is 7.97. The summed E-state index contributed by atoms with van der Waals surface area (Å²) in [5, 5.41) is 14.5. The zero-order valence-corrected chi connectivity index (χ0v) is 20.1. The predicted molar refractivity (Wildman–Crippen MR) is 127 cm³/mol. The van der Waals surface area contributed by atoms with Crippen LogP contribution in [0, 0.1) is 0 Å².